The second-order valence-electron chi connectivity index (χ2n) is 6.61. The summed E-state index contributed by atoms with van der Waals surface area (Å²) in [5, 5.41) is 11.3. The van der Waals surface area contributed by atoms with Gasteiger partial charge in [-0.1, -0.05) is 18.2 Å². The van der Waals surface area contributed by atoms with Gasteiger partial charge in [-0.15, -0.1) is 0 Å². The highest BCUT2D eigenvalue weighted by Gasteiger charge is 2.41. The maximum Gasteiger partial charge on any atom is 0.294 e. The van der Waals surface area contributed by atoms with Crippen LogP contribution in [0.25, 0.3) is 5.57 Å². The lowest BCUT2D eigenvalue weighted by molar-refractivity contribution is -0.385. The van der Waals surface area contributed by atoms with Crippen molar-refractivity contribution in [2.45, 2.75) is 38.1 Å². The van der Waals surface area contributed by atoms with Crippen molar-refractivity contribution in [3.63, 3.8) is 0 Å². The normalized spacial score (nSPS) is 22.5. The fourth-order valence-corrected chi connectivity index (χ4v) is 3.89. The number of carbonyl (C=O) groups excluding carboxylic acids is 2. The van der Waals surface area contributed by atoms with Gasteiger partial charge in [-0.3, -0.25) is 29.6 Å². The van der Waals surface area contributed by atoms with Crippen LogP contribution in [0.2, 0.25) is 0 Å². The summed E-state index contributed by atoms with van der Waals surface area (Å²) in [6.45, 7) is 0. The zero-order valence-corrected chi connectivity index (χ0v) is 14.1. The van der Waals surface area contributed by atoms with Crippen LogP contribution in [-0.4, -0.2) is 32.7 Å². The van der Waals surface area contributed by atoms with Gasteiger partial charge in [0.25, 0.3) is 17.5 Å². The van der Waals surface area contributed by atoms with Crippen molar-refractivity contribution in [3.8, 4) is 0 Å². The van der Waals surface area contributed by atoms with Gasteiger partial charge in [0.2, 0.25) is 0 Å². The number of pyridine rings is 1. The monoisotopic (exact) mass is 351 g/mol. The summed E-state index contributed by atoms with van der Waals surface area (Å²) in [7, 11) is 0. The summed E-state index contributed by atoms with van der Waals surface area (Å²) >= 11 is 0. The number of allylic oxidation sites excluding steroid dienone is 2. The minimum Gasteiger partial charge on any atom is -0.269 e. The van der Waals surface area contributed by atoms with Gasteiger partial charge >= 0.3 is 0 Å². The molecular formula is C19H17N3O4. The van der Waals surface area contributed by atoms with Crippen molar-refractivity contribution < 1.29 is 14.5 Å². The summed E-state index contributed by atoms with van der Waals surface area (Å²) in [5.41, 5.74) is 2.33. The Kier molecular flexibility index (Phi) is 3.99. The maximum absolute atomic E-state index is 12.7. The van der Waals surface area contributed by atoms with E-state index >= 15 is 0 Å². The van der Waals surface area contributed by atoms with E-state index in [1.165, 1.54) is 17.3 Å². The Balaban J connectivity index is 1.69. The number of aromatic nitrogens is 1. The average Bonchev–Trinajstić information content (AvgIpc) is 2.93. The number of nitrogens with zero attached hydrogens (tertiary/aromatic N) is 3. The Labute approximate surface area is 149 Å². The van der Waals surface area contributed by atoms with E-state index in [9.17, 15) is 19.7 Å². The molecule has 0 saturated heterocycles. The molecule has 1 atom stereocenters. The molecule has 1 unspecified atom stereocenters. The van der Waals surface area contributed by atoms with Gasteiger partial charge in [-0.05, 0) is 43.7 Å². The van der Waals surface area contributed by atoms with Gasteiger partial charge in [-0.2, -0.15) is 0 Å². The molecule has 2 aliphatic carbocycles. The molecule has 0 radical (unpaired) electrons. The first-order valence-corrected chi connectivity index (χ1v) is 8.65. The minimum absolute atomic E-state index is 0.0566. The van der Waals surface area contributed by atoms with Crippen LogP contribution in [-0.2, 0) is 9.59 Å². The predicted octanol–water partition coefficient (Wildman–Crippen LogP) is 2.94. The molecule has 132 valence electrons. The molecule has 3 aliphatic rings. The Hall–Kier alpha value is -3.09. The summed E-state index contributed by atoms with van der Waals surface area (Å²) < 4.78 is 0. The predicted molar refractivity (Wildman–Crippen MR) is 93.8 cm³/mol. The van der Waals surface area contributed by atoms with Gasteiger partial charge in [-0.25, -0.2) is 0 Å². The standard InChI is InChI=1S/C19H17N3O4/c23-18-15-6-1-2-7-16(15)19(24)21(18)13-5-3-4-12(10-13)14-8-9-20-11-17(14)22(25)26/h1,6,8-11,13H,2-5,7H2. The highest BCUT2D eigenvalue weighted by molar-refractivity contribution is 6.21. The molecule has 1 aromatic rings. The topological polar surface area (TPSA) is 93.4 Å². The molecule has 0 fully saturated rings. The molecule has 2 amide bonds. The molecular weight excluding hydrogens is 334 g/mol. The van der Waals surface area contributed by atoms with Crippen molar-refractivity contribution in [2.24, 2.45) is 0 Å². The van der Waals surface area contributed by atoms with Crippen molar-refractivity contribution in [2.75, 3.05) is 0 Å². The van der Waals surface area contributed by atoms with Gasteiger partial charge < -0.3 is 0 Å². The summed E-state index contributed by atoms with van der Waals surface area (Å²) in [4.78, 5) is 41.4. The molecule has 0 spiro atoms. The molecule has 7 nitrogen and oxygen atoms in total. The number of hydrogen-bond donors (Lipinski definition) is 0. The lowest BCUT2D eigenvalue weighted by Gasteiger charge is -2.28. The van der Waals surface area contributed by atoms with Crippen LogP contribution in [0.3, 0.4) is 0 Å². The Bertz CT molecular complexity index is 913. The third-order valence-electron chi connectivity index (χ3n) is 5.11. The molecule has 2 heterocycles. The van der Waals surface area contributed by atoms with Crippen LogP contribution in [0.5, 0.6) is 0 Å². The van der Waals surface area contributed by atoms with Crippen LogP contribution in [0, 0.1) is 10.1 Å². The third-order valence-corrected chi connectivity index (χ3v) is 5.11. The first kappa shape index (κ1) is 16.4. The first-order chi connectivity index (χ1) is 12.6. The number of rotatable bonds is 3. The Morgan fingerprint density at radius 3 is 2.85 bits per heavy atom. The lowest BCUT2D eigenvalue weighted by Crippen LogP contribution is -2.41. The zero-order valence-electron chi connectivity index (χ0n) is 14.1. The largest absolute Gasteiger partial charge is 0.294 e. The molecule has 4 rings (SSSR count). The molecule has 26 heavy (non-hydrogen) atoms. The van der Waals surface area contributed by atoms with Crippen LogP contribution in [0.15, 0.2) is 47.8 Å². The molecule has 0 saturated carbocycles. The van der Waals surface area contributed by atoms with Gasteiger partial charge in [0.15, 0.2) is 0 Å². The average molecular weight is 351 g/mol. The fraction of sp³-hybridized carbons (Fsp3) is 0.316. The van der Waals surface area contributed by atoms with Gasteiger partial charge in [0.05, 0.1) is 16.5 Å². The SMILES string of the molecule is O=C1C2=C(CCC=C2)C(=O)N1C1C=C(c2ccncc2[N+](=O)[O-])CCC1. The van der Waals surface area contributed by atoms with E-state index in [0.717, 1.165) is 18.4 Å². The summed E-state index contributed by atoms with van der Waals surface area (Å²) in [6, 6.07) is 1.25. The first-order valence-electron chi connectivity index (χ1n) is 8.65. The zero-order chi connectivity index (χ0) is 18.3. The van der Waals surface area contributed by atoms with Crippen LogP contribution in [0.4, 0.5) is 5.69 Å². The fourth-order valence-electron chi connectivity index (χ4n) is 3.89. The van der Waals surface area contributed by atoms with E-state index < -0.39 is 4.92 Å². The van der Waals surface area contributed by atoms with Crippen LogP contribution in [0.1, 0.15) is 37.7 Å². The number of imide groups is 1. The maximum atomic E-state index is 12.7. The van der Waals surface area contributed by atoms with E-state index in [4.69, 9.17) is 0 Å². The van der Waals surface area contributed by atoms with E-state index in [-0.39, 0.29) is 23.5 Å². The highest BCUT2D eigenvalue weighted by atomic mass is 16.6. The van der Waals surface area contributed by atoms with Crippen LogP contribution >= 0.6 is 0 Å². The molecule has 0 bridgehead atoms. The summed E-state index contributed by atoms with van der Waals surface area (Å²) in [6.07, 6.45) is 11.7. The number of nitro groups is 1. The van der Waals surface area contributed by atoms with Crippen molar-refractivity contribution in [1.82, 2.24) is 9.88 Å². The number of amides is 2. The number of hydrogen-bond acceptors (Lipinski definition) is 5. The van der Waals surface area contributed by atoms with Crippen molar-refractivity contribution >= 4 is 23.1 Å². The van der Waals surface area contributed by atoms with E-state index in [0.29, 0.717) is 36.0 Å². The van der Waals surface area contributed by atoms with Crippen molar-refractivity contribution in [1.29, 1.82) is 0 Å². The summed E-state index contributed by atoms with van der Waals surface area (Å²) in [5.74, 6) is -0.478. The van der Waals surface area contributed by atoms with Crippen molar-refractivity contribution in [3.05, 3.63) is 63.5 Å². The lowest BCUT2D eigenvalue weighted by atomic mass is 9.90. The van der Waals surface area contributed by atoms with Crippen LogP contribution < -0.4 is 0 Å². The van der Waals surface area contributed by atoms with E-state index in [1.807, 2.05) is 12.2 Å². The molecule has 1 aliphatic heterocycles. The minimum atomic E-state index is -0.454. The van der Waals surface area contributed by atoms with E-state index in [1.54, 1.807) is 12.1 Å². The number of carbonyl (C=O) groups is 2. The second-order valence-corrected chi connectivity index (χ2v) is 6.61. The molecule has 0 aromatic carbocycles. The Morgan fingerprint density at radius 2 is 2.08 bits per heavy atom. The Morgan fingerprint density at radius 1 is 1.23 bits per heavy atom. The second kappa shape index (κ2) is 6.33. The highest BCUT2D eigenvalue weighted by Crippen LogP contribution is 2.37. The van der Waals surface area contributed by atoms with Gasteiger partial charge in [0.1, 0.15) is 6.20 Å². The third kappa shape index (κ3) is 2.56. The molecule has 7 heteroatoms. The van der Waals surface area contributed by atoms with Gasteiger partial charge in [0, 0.05) is 17.3 Å². The molecule has 1 aromatic heterocycles. The quantitative estimate of drug-likeness (QED) is 0.474. The van der Waals surface area contributed by atoms with E-state index in [2.05, 4.69) is 4.98 Å². The smallest absolute Gasteiger partial charge is 0.269 e. The molecule has 0 N–H and O–H groups in total.